The van der Waals surface area contributed by atoms with Gasteiger partial charge in [-0.2, -0.15) is 4.98 Å². The summed E-state index contributed by atoms with van der Waals surface area (Å²) in [5.41, 5.74) is 1.43. The van der Waals surface area contributed by atoms with Gasteiger partial charge in [-0.25, -0.2) is 0 Å². The monoisotopic (exact) mass is 288 g/mol. The molecule has 0 saturated heterocycles. The molecule has 0 unspecified atom stereocenters. The number of amides is 1. The molecule has 5 heteroatoms. The van der Waals surface area contributed by atoms with Gasteiger partial charge in [-0.15, -0.1) is 0 Å². The number of anilines is 1. The summed E-state index contributed by atoms with van der Waals surface area (Å²) in [5.74, 6) is -0.132. The lowest BCUT2D eigenvalue weighted by molar-refractivity contribution is -0.125. The molecule has 0 spiro atoms. The molecular formula is C16H20N2O3. The van der Waals surface area contributed by atoms with E-state index in [4.69, 9.17) is 9.15 Å². The van der Waals surface area contributed by atoms with Crippen LogP contribution in [0.5, 0.6) is 0 Å². The van der Waals surface area contributed by atoms with Gasteiger partial charge in [-0.1, -0.05) is 31.4 Å². The molecule has 1 aromatic carbocycles. The standard InChI is InChI=1S/C16H20N2O3/c1-18(15(19)11-20-12-7-3-2-4-8-12)16-17-13-9-5-6-10-14(13)21-16/h5-6,9-10,12H,2-4,7-8,11H2,1H3. The molecule has 1 saturated carbocycles. The van der Waals surface area contributed by atoms with E-state index in [1.165, 1.54) is 24.2 Å². The average molecular weight is 288 g/mol. The number of benzene rings is 1. The Morgan fingerprint density at radius 3 is 2.86 bits per heavy atom. The molecule has 5 nitrogen and oxygen atoms in total. The Morgan fingerprint density at radius 1 is 1.33 bits per heavy atom. The van der Waals surface area contributed by atoms with E-state index in [2.05, 4.69) is 4.98 Å². The van der Waals surface area contributed by atoms with E-state index in [9.17, 15) is 4.79 Å². The smallest absolute Gasteiger partial charge is 0.305 e. The Bertz CT molecular complexity index is 584. The van der Waals surface area contributed by atoms with Crippen molar-refractivity contribution in [3.8, 4) is 0 Å². The number of likely N-dealkylation sites (N-methyl/N-ethyl adjacent to an activating group) is 1. The van der Waals surface area contributed by atoms with Gasteiger partial charge < -0.3 is 9.15 Å². The number of fused-ring (bicyclic) bond motifs is 1. The first-order valence-electron chi connectivity index (χ1n) is 7.48. The average Bonchev–Trinajstić information content (AvgIpc) is 2.97. The maximum Gasteiger partial charge on any atom is 0.305 e. The largest absolute Gasteiger partial charge is 0.423 e. The van der Waals surface area contributed by atoms with Crippen LogP contribution in [0.3, 0.4) is 0 Å². The number of ether oxygens (including phenoxy) is 1. The van der Waals surface area contributed by atoms with E-state index in [1.807, 2.05) is 24.3 Å². The highest BCUT2D eigenvalue weighted by molar-refractivity contribution is 5.92. The minimum absolute atomic E-state index is 0.0832. The van der Waals surface area contributed by atoms with Crippen LogP contribution in [0, 0.1) is 0 Å². The van der Waals surface area contributed by atoms with Crippen LogP contribution >= 0.6 is 0 Å². The molecule has 2 aromatic rings. The molecular weight excluding hydrogens is 268 g/mol. The highest BCUT2D eigenvalue weighted by Crippen LogP contribution is 2.22. The van der Waals surface area contributed by atoms with Gasteiger partial charge in [0.1, 0.15) is 12.1 Å². The predicted octanol–water partition coefficient (Wildman–Crippen LogP) is 3.14. The lowest BCUT2D eigenvalue weighted by Crippen LogP contribution is -2.32. The summed E-state index contributed by atoms with van der Waals surface area (Å²) in [6.45, 7) is 0.0832. The molecule has 0 aliphatic heterocycles. The molecule has 1 aromatic heterocycles. The Morgan fingerprint density at radius 2 is 2.10 bits per heavy atom. The minimum Gasteiger partial charge on any atom is -0.423 e. The number of hydrogen-bond acceptors (Lipinski definition) is 4. The van der Waals surface area contributed by atoms with E-state index in [0.29, 0.717) is 11.6 Å². The van der Waals surface area contributed by atoms with Gasteiger partial charge in [-0.05, 0) is 25.0 Å². The Balaban J connectivity index is 1.60. The second-order valence-corrected chi connectivity index (χ2v) is 5.49. The number of nitrogens with zero attached hydrogens (tertiary/aromatic N) is 2. The van der Waals surface area contributed by atoms with Crippen molar-refractivity contribution in [1.82, 2.24) is 4.98 Å². The lowest BCUT2D eigenvalue weighted by Gasteiger charge is -2.22. The summed E-state index contributed by atoms with van der Waals surface area (Å²) in [4.78, 5) is 17.9. The van der Waals surface area contributed by atoms with E-state index in [0.717, 1.165) is 18.4 Å². The minimum atomic E-state index is -0.132. The second-order valence-electron chi connectivity index (χ2n) is 5.49. The first-order chi connectivity index (χ1) is 10.2. The third kappa shape index (κ3) is 3.24. The summed E-state index contributed by atoms with van der Waals surface area (Å²) in [5, 5.41) is 0. The molecule has 0 radical (unpaired) electrons. The third-order valence-electron chi connectivity index (χ3n) is 3.94. The van der Waals surface area contributed by atoms with Crippen LogP contribution in [0.2, 0.25) is 0 Å². The third-order valence-corrected chi connectivity index (χ3v) is 3.94. The van der Waals surface area contributed by atoms with Crippen molar-refractivity contribution < 1.29 is 13.9 Å². The molecule has 0 bridgehead atoms. The van der Waals surface area contributed by atoms with Crippen molar-refractivity contribution in [2.24, 2.45) is 0 Å². The first kappa shape index (κ1) is 14.1. The fourth-order valence-electron chi connectivity index (χ4n) is 2.63. The van der Waals surface area contributed by atoms with Gasteiger partial charge in [-0.3, -0.25) is 9.69 Å². The highest BCUT2D eigenvalue weighted by atomic mass is 16.5. The second kappa shape index (κ2) is 6.26. The molecule has 1 aliphatic rings. The number of oxazole rings is 1. The van der Waals surface area contributed by atoms with E-state index in [-0.39, 0.29) is 18.6 Å². The van der Waals surface area contributed by atoms with E-state index < -0.39 is 0 Å². The topological polar surface area (TPSA) is 55.6 Å². The van der Waals surface area contributed by atoms with Crippen LogP contribution in [-0.2, 0) is 9.53 Å². The molecule has 21 heavy (non-hydrogen) atoms. The predicted molar refractivity (Wildman–Crippen MR) is 80.2 cm³/mol. The molecule has 0 atom stereocenters. The van der Waals surface area contributed by atoms with Crippen molar-refractivity contribution in [3.05, 3.63) is 24.3 Å². The number of carbonyl (C=O) groups is 1. The number of carbonyl (C=O) groups excluding carboxylic acids is 1. The van der Waals surface area contributed by atoms with Crippen LogP contribution < -0.4 is 4.90 Å². The molecule has 1 aliphatic carbocycles. The summed E-state index contributed by atoms with van der Waals surface area (Å²) < 4.78 is 11.3. The zero-order valence-electron chi connectivity index (χ0n) is 12.2. The molecule has 0 N–H and O–H groups in total. The zero-order chi connectivity index (χ0) is 14.7. The Hall–Kier alpha value is -1.88. The van der Waals surface area contributed by atoms with Crippen LogP contribution in [0.15, 0.2) is 28.7 Å². The number of hydrogen-bond donors (Lipinski definition) is 0. The fraction of sp³-hybridized carbons (Fsp3) is 0.500. The van der Waals surface area contributed by atoms with Crippen LogP contribution in [-0.4, -0.2) is 30.6 Å². The zero-order valence-corrected chi connectivity index (χ0v) is 12.2. The number of aromatic nitrogens is 1. The normalized spacial score (nSPS) is 16.2. The van der Waals surface area contributed by atoms with Crippen LogP contribution in [0.1, 0.15) is 32.1 Å². The van der Waals surface area contributed by atoms with Crippen LogP contribution in [0.25, 0.3) is 11.1 Å². The van der Waals surface area contributed by atoms with E-state index in [1.54, 1.807) is 7.05 Å². The van der Waals surface area contributed by atoms with E-state index >= 15 is 0 Å². The van der Waals surface area contributed by atoms with Gasteiger partial charge in [0.15, 0.2) is 5.58 Å². The van der Waals surface area contributed by atoms with Crippen molar-refractivity contribution in [2.75, 3.05) is 18.6 Å². The number of rotatable bonds is 4. The quantitative estimate of drug-likeness (QED) is 0.867. The molecule has 1 heterocycles. The molecule has 112 valence electrons. The lowest BCUT2D eigenvalue weighted by atomic mass is 9.98. The van der Waals surface area contributed by atoms with Gasteiger partial charge >= 0.3 is 6.01 Å². The van der Waals surface area contributed by atoms with Gasteiger partial charge in [0, 0.05) is 7.05 Å². The summed E-state index contributed by atoms with van der Waals surface area (Å²) in [6.07, 6.45) is 6.00. The summed E-state index contributed by atoms with van der Waals surface area (Å²) in [6, 6.07) is 7.78. The summed E-state index contributed by atoms with van der Waals surface area (Å²) >= 11 is 0. The Labute approximate surface area is 123 Å². The van der Waals surface area contributed by atoms with Gasteiger partial charge in [0.2, 0.25) is 0 Å². The first-order valence-corrected chi connectivity index (χ1v) is 7.48. The molecule has 3 rings (SSSR count). The molecule has 1 amide bonds. The maximum atomic E-state index is 12.2. The van der Waals surface area contributed by atoms with Crippen LogP contribution in [0.4, 0.5) is 6.01 Å². The summed E-state index contributed by atoms with van der Waals surface area (Å²) in [7, 11) is 1.66. The number of para-hydroxylation sites is 2. The van der Waals surface area contributed by atoms with Crippen molar-refractivity contribution >= 4 is 23.0 Å². The molecule has 1 fully saturated rings. The Kier molecular flexibility index (Phi) is 4.20. The SMILES string of the molecule is CN(C(=O)COC1CCCCC1)c1nc2ccccc2o1. The van der Waals surface area contributed by atoms with Gasteiger partial charge in [0.05, 0.1) is 6.10 Å². The fourth-order valence-corrected chi connectivity index (χ4v) is 2.63. The van der Waals surface area contributed by atoms with Crippen molar-refractivity contribution in [2.45, 2.75) is 38.2 Å². The van der Waals surface area contributed by atoms with Crippen molar-refractivity contribution in [1.29, 1.82) is 0 Å². The highest BCUT2D eigenvalue weighted by Gasteiger charge is 2.20. The van der Waals surface area contributed by atoms with Crippen molar-refractivity contribution in [3.63, 3.8) is 0 Å². The maximum absolute atomic E-state index is 12.2. The van der Waals surface area contributed by atoms with Gasteiger partial charge in [0.25, 0.3) is 5.91 Å².